The molecule has 3 amide bonds. The van der Waals surface area contributed by atoms with Crippen LogP contribution in [0.3, 0.4) is 0 Å². The van der Waals surface area contributed by atoms with E-state index < -0.39 is 35.8 Å². The third-order valence-electron chi connectivity index (χ3n) is 6.33. The van der Waals surface area contributed by atoms with Gasteiger partial charge < -0.3 is 25.0 Å². The molecule has 2 aromatic rings. The second-order valence-electron chi connectivity index (χ2n) is 8.60. The molecule has 1 aliphatic heterocycles. The maximum atomic E-state index is 13.0. The van der Waals surface area contributed by atoms with E-state index in [0.29, 0.717) is 18.6 Å². The van der Waals surface area contributed by atoms with E-state index >= 15 is 0 Å². The van der Waals surface area contributed by atoms with Gasteiger partial charge >= 0.3 is 24.1 Å². The van der Waals surface area contributed by atoms with Crippen LogP contribution in [0.15, 0.2) is 42.5 Å². The van der Waals surface area contributed by atoms with E-state index in [1.54, 1.807) is 7.11 Å². The number of aryl methyl sites for hydroxylation is 1. The molecule has 3 N–H and O–H groups in total. The van der Waals surface area contributed by atoms with Crippen molar-refractivity contribution in [1.82, 2.24) is 10.2 Å². The van der Waals surface area contributed by atoms with Crippen molar-refractivity contribution >= 4 is 23.9 Å². The van der Waals surface area contributed by atoms with Gasteiger partial charge in [-0.2, -0.15) is 13.2 Å². The zero-order valence-corrected chi connectivity index (χ0v) is 21.7. The van der Waals surface area contributed by atoms with Crippen LogP contribution in [0.1, 0.15) is 48.2 Å². The van der Waals surface area contributed by atoms with Crippen molar-refractivity contribution in [2.24, 2.45) is 5.41 Å². The van der Waals surface area contributed by atoms with Crippen LogP contribution in [-0.4, -0.2) is 58.5 Å². The smallest absolute Gasteiger partial charge is 0.490 e. The fourth-order valence-corrected chi connectivity index (χ4v) is 4.02. The number of hydrogen-bond acceptors (Lipinski definition) is 6. The van der Waals surface area contributed by atoms with E-state index in [1.165, 1.54) is 24.3 Å². The monoisotopic (exact) mass is 554 g/mol. The van der Waals surface area contributed by atoms with E-state index in [0.717, 1.165) is 21.8 Å². The Morgan fingerprint density at radius 2 is 1.62 bits per heavy atom. The number of likely N-dealkylation sites (tertiary alicyclic amines) is 1. The molecule has 1 fully saturated rings. The van der Waals surface area contributed by atoms with Crippen LogP contribution < -0.4 is 14.8 Å². The van der Waals surface area contributed by atoms with Crippen LogP contribution >= 0.6 is 0 Å². The Morgan fingerprint density at radius 1 is 1.05 bits per heavy atom. The van der Waals surface area contributed by atoms with Crippen LogP contribution in [0.4, 0.5) is 18.0 Å². The molecule has 1 unspecified atom stereocenters. The standard InChI is InChI=1S/C24H28N2O6.C2HF3O2/c1-5-24(6-2)21(29)26(22(24)32-18-10-8-17(9-11-18)20(27)28)23(30)25-14-16-7-12-19(31-4)15(3)13-16;3-2(4,5)1(6)7/h7-13,22H,5-6,14H2,1-4H3,(H,25,30)(H,27,28);(H,6,7). The number of imide groups is 1. The molecule has 1 atom stereocenters. The molecular weight excluding hydrogens is 525 g/mol. The lowest BCUT2D eigenvalue weighted by Crippen LogP contribution is -2.73. The van der Waals surface area contributed by atoms with Gasteiger partial charge in [0.2, 0.25) is 5.91 Å². The number of aromatic carboxylic acids is 1. The van der Waals surface area contributed by atoms with Crippen molar-refractivity contribution in [1.29, 1.82) is 0 Å². The maximum absolute atomic E-state index is 13.0. The zero-order valence-electron chi connectivity index (χ0n) is 21.7. The van der Waals surface area contributed by atoms with Crippen LogP contribution in [0.5, 0.6) is 11.5 Å². The third kappa shape index (κ3) is 6.98. The molecule has 212 valence electrons. The number of β-lactam (4-membered cyclic amide) rings is 1. The Bertz CT molecular complexity index is 1210. The molecule has 10 nitrogen and oxygen atoms in total. The van der Waals surface area contributed by atoms with Gasteiger partial charge in [0.1, 0.15) is 16.9 Å². The summed E-state index contributed by atoms with van der Waals surface area (Å²) in [7, 11) is 1.60. The highest BCUT2D eigenvalue weighted by molar-refractivity contribution is 6.03. The molecule has 1 saturated heterocycles. The average Bonchev–Trinajstić information content (AvgIpc) is 2.88. The first-order valence-corrected chi connectivity index (χ1v) is 11.8. The van der Waals surface area contributed by atoms with Gasteiger partial charge in [-0.1, -0.05) is 26.0 Å². The minimum absolute atomic E-state index is 0.128. The number of carbonyl (C=O) groups is 4. The highest BCUT2D eigenvalue weighted by atomic mass is 19.4. The summed E-state index contributed by atoms with van der Waals surface area (Å²) in [4.78, 5) is 46.9. The number of nitrogens with zero attached hydrogens (tertiary/aromatic N) is 1. The number of hydrogen-bond donors (Lipinski definition) is 3. The number of carboxylic acids is 2. The van der Waals surface area contributed by atoms with Crippen molar-refractivity contribution in [2.75, 3.05) is 7.11 Å². The number of amides is 3. The number of ether oxygens (including phenoxy) is 2. The van der Waals surface area contributed by atoms with Crippen molar-refractivity contribution in [3.63, 3.8) is 0 Å². The largest absolute Gasteiger partial charge is 0.496 e. The average molecular weight is 555 g/mol. The van der Waals surface area contributed by atoms with Crippen molar-refractivity contribution in [2.45, 2.75) is 52.6 Å². The summed E-state index contributed by atoms with van der Waals surface area (Å²) in [6, 6.07) is 11.0. The van der Waals surface area contributed by atoms with Crippen molar-refractivity contribution < 1.29 is 52.0 Å². The summed E-state index contributed by atoms with van der Waals surface area (Å²) in [5.74, 6) is -2.93. The molecule has 3 rings (SSSR count). The number of methoxy groups -OCH3 is 1. The summed E-state index contributed by atoms with van der Waals surface area (Å²) in [6.07, 6.45) is -4.83. The lowest BCUT2D eigenvalue weighted by atomic mass is 9.72. The van der Waals surface area contributed by atoms with E-state index in [1.807, 2.05) is 39.0 Å². The summed E-state index contributed by atoms with van der Waals surface area (Å²) in [5.41, 5.74) is 1.15. The Balaban J connectivity index is 0.000000673. The number of urea groups is 1. The molecule has 39 heavy (non-hydrogen) atoms. The zero-order chi connectivity index (χ0) is 29.5. The topological polar surface area (TPSA) is 142 Å². The molecule has 0 aliphatic carbocycles. The molecule has 0 saturated carbocycles. The van der Waals surface area contributed by atoms with E-state index in [-0.39, 0.29) is 18.0 Å². The van der Waals surface area contributed by atoms with Gasteiger partial charge in [0, 0.05) is 6.54 Å². The first kappa shape index (κ1) is 30.9. The highest BCUT2D eigenvalue weighted by Crippen LogP contribution is 2.46. The molecule has 1 heterocycles. The Labute approximate surface area is 222 Å². The van der Waals surface area contributed by atoms with Crippen molar-refractivity contribution in [3.8, 4) is 11.5 Å². The van der Waals surface area contributed by atoms with Crippen LogP contribution in [0.25, 0.3) is 0 Å². The minimum Gasteiger partial charge on any atom is -0.496 e. The number of benzene rings is 2. The fraction of sp³-hybridized carbons (Fsp3) is 0.385. The van der Waals surface area contributed by atoms with E-state index in [9.17, 15) is 27.6 Å². The van der Waals surface area contributed by atoms with Gasteiger partial charge in [-0.3, -0.25) is 4.79 Å². The summed E-state index contributed by atoms with van der Waals surface area (Å²) < 4.78 is 43.0. The third-order valence-corrected chi connectivity index (χ3v) is 6.33. The number of carbonyl (C=O) groups excluding carboxylic acids is 2. The van der Waals surface area contributed by atoms with Crippen molar-refractivity contribution in [3.05, 3.63) is 59.2 Å². The first-order chi connectivity index (χ1) is 18.2. The predicted molar refractivity (Wildman–Crippen MR) is 131 cm³/mol. The minimum atomic E-state index is -5.08. The number of aliphatic carboxylic acids is 1. The first-order valence-electron chi connectivity index (χ1n) is 11.8. The van der Waals surface area contributed by atoms with Gasteiger partial charge in [-0.05, 0) is 61.2 Å². The number of alkyl halides is 3. The van der Waals surface area contributed by atoms with Gasteiger partial charge in [0.15, 0.2) is 6.23 Å². The summed E-state index contributed by atoms with van der Waals surface area (Å²) >= 11 is 0. The highest BCUT2D eigenvalue weighted by Gasteiger charge is 2.62. The SMILES string of the molecule is CCC1(CC)C(=O)N(C(=O)NCc2ccc(OC)c(C)c2)C1Oc1ccc(C(=O)O)cc1.O=C(O)C(F)(F)F. The molecular formula is C26H29F3N2O8. The van der Waals surface area contributed by atoms with Crippen LogP contribution in [0, 0.1) is 12.3 Å². The van der Waals surface area contributed by atoms with Gasteiger partial charge in [-0.15, -0.1) is 0 Å². The normalized spacial score (nSPS) is 15.8. The predicted octanol–water partition coefficient (Wildman–Crippen LogP) is 4.60. The van der Waals surface area contributed by atoms with Crippen LogP contribution in [0.2, 0.25) is 0 Å². The molecule has 2 aromatic carbocycles. The lowest BCUT2D eigenvalue weighted by Gasteiger charge is -2.53. The molecule has 0 bridgehead atoms. The Kier molecular flexibility index (Phi) is 9.92. The molecule has 1 aliphatic rings. The summed E-state index contributed by atoms with van der Waals surface area (Å²) in [5, 5.41) is 19.0. The van der Waals surface area contributed by atoms with Gasteiger partial charge in [0.25, 0.3) is 0 Å². The second-order valence-corrected chi connectivity index (χ2v) is 8.60. The fourth-order valence-electron chi connectivity index (χ4n) is 4.02. The Morgan fingerprint density at radius 3 is 2.05 bits per heavy atom. The van der Waals surface area contributed by atoms with E-state index in [4.69, 9.17) is 24.5 Å². The number of nitrogens with one attached hydrogen (secondary N) is 1. The van der Waals surface area contributed by atoms with Gasteiger partial charge in [-0.25, -0.2) is 19.3 Å². The number of halogens is 3. The second kappa shape index (κ2) is 12.5. The maximum Gasteiger partial charge on any atom is 0.490 e. The Hall–Kier alpha value is -4.29. The van der Waals surface area contributed by atoms with E-state index in [2.05, 4.69) is 5.32 Å². The molecule has 13 heteroatoms. The molecule has 0 spiro atoms. The van der Waals surface area contributed by atoms with Gasteiger partial charge in [0.05, 0.1) is 12.7 Å². The van der Waals surface area contributed by atoms with Crippen LogP contribution in [-0.2, 0) is 16.1 Å². The molecule has 0 radical (unpaired) electrons. The quantitative estimate of drug-likeness (QED) is 0.402. The molecule has 0 aromatic heterocycles. The number of carboxylic acid groups (broad SMARTS) is 2. The lowest BCUT2D eigenvalue weighted by molar-refractivity contribution is -0.193. The number of rotatable bonds is 8. The summed E-state index contributed by atoms with van der Waals surface area (Å²) in [6.45, 7) is 5.94.